The van der Waals surface area contributed by atoms with Gasteiger partial charge in [-0.1, -0.05) is 0 Å². The Kier molecular flexibility index (Phi) is 4.92. The number of hydrogen-bond acceptors (Lipinski definition) is 5. The summed E-state index contributed by atoms with van der Waals surface area (Å²) in [6, 6.07) is 0.385. The van der Waals surface area contributed by atoms with E-state index >= 15 is 0 Å². The lowest BCUT2D eigenvalue weighted by molar-refractivity contribution is -0.121. The third-order valence-electron chi connectivity index (χ3n) is 3.37. The molecule has 1 saturated carbocycles. The van der Waals surface area contributed by atoms with Crippen molar-refractivity contribution in [3.8, 4) is 5.75 Å². The Bertz CT molecular complexity index is 487. The van der Waals surface area contributed by atoms with Crippen molar-refractivity contribution in [3.63, 3.8) is 0 Å². The molecule has 0 aromatic carbocycles. The number of carbonyl (C=O) groups excluding carboxylic acids is 1. The zero-order valence-electron chi connectivity index (χ0n) is 11.6. The molecule has 0 unspecified atom stereocenters. The Hall–Kier alpha value is -1.66. The second-order valence-electron chi connectivity index (χ2n) is 5.12. The summed E-state index contributed by atoms with van der Waals surface area (Å²) in [4.78, 5) is 15.5. The van der Waals surface area contributed by atoms with E-state index in [4.69, 9.17) is 0 Å². The molecule has 1 aliphatic carbocycles. The molecule has 1 aliphatic rings. The Balaban J connectivity index is 1.80. The van der Waals surface area contributed by atoms with Crippen molar-refractivity contribution in [3.05, 3.63) is 23.0 Å². The van der Waals surface area contributed by atoms with Crippen LogP contribution in [0.2, 0.25) is 0 Å². The van der Waals surface area contributed by atoms with Gasteiger partial charge >= 0.3 is 0 Å². The lowest BCUT2D eigenvalue weighted by Gasteiger charge is -2.12. The molecule has 1 aromatic heterocycles. The largest absolute Gasteiger partial charge is 0.506 e. The number of hydrogen-bond donors (Lipinski definition) is 4. The van der Waals surface area contributed by atoms with Crippen LogP contribution in [-0.4, -0.2) is 33.7 Å². The van der Waals surface area contributed by atoms with Gasteiger partial charge in [-0.3, -0.25) is 9.78 Å². The van der Waals surface area contributed by atoms with Gasteiger partial charge in [0, 0.05) is 42.9 Å². The highest BCUT2D eigenvalue weighted by Crippen LogP contribution is 2.23. The molecule has 1 amide bonds. The van der Waals surface area contributed by atoms with E-state index in [1.807, 2.05) is 0 Å². The van der Waals surface area contributed by atoms with Crippen LogP contribution in [0.3, 0.4) is 0 Å². The van der Waals surface area contributed by atoms with Gasteiger partial charge < -0.3 is 20.8 Å². The van der Waals surface area contributed by atoms with Crippen LogP contribution >= 0.6 is 0 Å². The number of aryl methyl sites for hydroxylation is 1. The Morgan fingerprint density at radius 2 is 2.25 bits per heavy atom. The maximum absolute atomic E-state index is 11.5. The molecule has 20 heavy (non-hydrogen) atoms. The van der Waals surface area contributed by atoms with Crippen molar-refractivity contribution in [2.45, 2.75) is 45.4 Å². The van der Waals surface area contributed by atoms with E-state index < -0.39 is 0 Å². The third kappa shape index (κ3) is 3.91. The van der Waals surface area contributed by atoms with E-state index in [1.54, 1.807) is 13.1 Å². The third-order valence-corrected chi connectivity index (χ3v) is 3.37. The standard InChI is InChI=1S/C14H21N3O3/c1-9-14(20)12(10(8-18)6-16-9)7-15-5-4-13(19)17-11-2-3-11/h6,11,15,18,20H,2-5,7-8H2,1H3,(H,17,19). The van der Waals surface area contributed by atoms with E-state index in [0.717, 1.165) is 12.8 Å². The predicted octanol–water partition coefficient (Wildman–Crippen LogP) is 0.346. The highest BCUT2D eigenvalue weighted by molar-refractivity contribution is 5.76. The first-order valence-corrected chi connectivity index (χ1v) is 6.89. The molecule has 1 aromatic rings. The monoisotopic (exact) mass is 279 g/mol. The van der Waals surface area contributed by atoms with Crippen molar-refractivity contribution < 1.29 is 15.0 Å². The number of carbonyl (C=O) groups is 1. The van der Waals surface area contributed by atoms with E-state index in [9.17, 15) is 15.0 Å². The van der Waals surface area contributed by atoms with Crippen LogP contribution in [0.5, 0.6) is 5.75 Å². The van der Waals surface area contributed by atoms with Crippen LogP contribution in [-0.2, 0) is 17.9 Å². The summed E-state index contributed by atoms with van der Waals surface area (Å²) >= 11 is 0. The van der Waals surface area contributed by atoms with Crippen LogP contribution in [0.1, 0.15) is 36.1 Å². The summed E-state index contributed by atoms with van der Waals surface area (Å²) in [6.45, 7) is 2.48. The number of rotatable bonds is 7. The van der Waals surface area contributed by atoms with Gasteiger partial charge in [0.15, 0.2) is 0 Å². The Labute approximate surface area is 118 Å². The van der Waals surface area contributed by atoms with Gasteiger partial charge in [0.1, 0.15) is 5.75 Å². The second kappa shape index (κ2) is 6.67. The molecule has 4 N–H and O–H groups in total. The van der Waals surface area contributed by atoms with E-state index in [1.165, 1.54) is 0 Å². The normalized spacial score (nSPS) is 14.3. The van der Waals surface area contributed by atoms with Crippen molar-refractivity contribution in [2.75, 3.05) is 6.54 Å². The number of amides is 1. The highest BCUT2D eigenvalue weighted by Gasteiger charge is 2.22. The van der Waals surface area contributed by atoms with Crippen LogP contribution < -0.4 is 10.6 Å². The summed E-state index contributed by atoms with van der Waals surface area (Å²) < 4.78 is 0. The molecule has 2 rings (SSSR count). The first kappa shape index (κ1) is 14.7. The molecule has 0 atom stereocenters. The molecule has 6 nitrogen and oxygen atoms in total. The highest BCUT2D eigenvalue weighted by atomic mass is 16.3. The van der Waals surface area contributed by atoms with Gasteiger partial charge in [0.05, 0.1) is 12.3 Å². The fourth-order valence-electron chi connectivity index (χ4n) is 1.96. The van der Waals surface area contributed by atoms with Crippen molar-refractivity contribution in [2.24, 2.45) is 0 Å². The molecule has 1 heterocycles. The average molecular weight is 279 g/mol. The minimum atomic E-state index is -0.167. The predicted molar refractivity (Wildman–Crippen MR) is 74.1 cm³/mol. The number of pyridine rings is 1. The molecular weight excluding hydrogens is 258 g/mol. The van der Waals surface area contributed by atoms with Crippen LogP contribution in [0.4, 0.5) is 0 Å². The maximum atomic E-state index is 11.5. The smallest absolute Gasteiger partial charge is 0.221 e. The molecule has 6 heteroatoms. The Morgan fingerprint density at radius 1 is 1.50 bits per heavy atom. The van der Waals surface area contributed by atoms with Gasteiger partial charge in [0.25, 0.3) is 0 Å². The van der Waals surface area contributed by atoms with Crippen LogP contribution in [0, 0.1) is 6.92 Å². The van der Waals surface area contributed by atoms with Crippen molar-refractivity contribution in [1.82, 2.24) is 15.6 Å². The molecule has 0 saturated heterocycles. The van der Waals surface area contributed by atoms with E-state index in [2.05, 4.69) is 15.6 Å². The van der Waals surface area contributed by atoms with Gasteiger partial charge in [-0.05, 0) is 19.8 Å². The summed E-state index contributed by atoms with van der Waals surface area (Å²) in [7, 11) is 0. The zero-order valence-corrected chi connectivity index (χ0v) is 11.6. The molecule has 110 valence electrons. The maximum Gasteiger partial charge on any atom is 0.221 e. The number of aliphatic hydroxyl groups excluding tert-OH is 1. The second-order valence-corrected chi connectivity index (χ2v) is 5.12. The summed E-state index contributed by atoms with van der Waals surface area (Å²) in [5.41, 5.74) is 1.77. The first-order valence-electron chi connectivity index (χ1n) is 6.89. The summed E-state index contributed by atoms with van der Waals surface area (Å²) in [5, 5.41) is 25.2. The van der Waals surface area contributed by atoms with Gasteiger partial charge in [-0.25, -0.2) is 0 Å². The van der Waals surface area contributed by atoms with Gasteiger partial charge in [-0.15, -0.1) is 0 Å². The molecule has 0 radical (unpaired) electrons. The molecule has 0 bridgehead atoms. The first-order chi connectivity index (χ1) is 9.61. The molecule has 1 fully saturated rings. The number of nitrogens with zero attached hydrogens (tertiary/aromatic N) is 1. The summed E-state index contributed by atoms with van der Waals surface area (Å²) in [6.07, 6.45) is 4.15. The minimum Gasteiger partial charge on any atom is -0.506 e. The molecular formula is C14H21N3O3. The molecule has 0 aliphatic heterocycles. The van der Waals surface area contributed by atoms with Crippen LogP contribution in [0.25, 0.3) is 0 Å². The van der Waals surface area contributed by atoms with E-state index in [-0.39, 0.29) is 18.3 Å². The SMILES string of the molecule is Cc1ncc(CO)c(CNCCC(=O)NC2CC2)c1O. The quantitative estimate of drug-likeness (QED) is 0.540. The van der Waals surface area contributed by atoms with E-state index in [0.29, 0.717) is 42.4 Å². The van der Waals surface area contributed by atoms with Crippen molar-refractivity contribution >= 4 is 5.91 Å². The summed E-state index contributed by atoms with van der Waals surface area (Å²) in [5.74, 6) is 0.156. The van der Waals surface area contributed by atoms with Crippen molar-refractivity contribution in [1.29, 1.82) is 0 Å². The number of aliphatic hydroxyl groups is 1. The number of nitrogens with one attached hydrogen (secondary N) is 2. The number of aromatic nitrogens is 1. The average Bonchev–Trinajstić information content (AvgIpc) is 3.23. The zero-order chi connectivity index (χ0) is 14.5. The topological polar surface area (TPSA) is 94.5 Å². The lowest BCUT2D eigenvalue weighted by atomic mass is 10.1. The fourth-order valence-corrected chi connectivity index (χ4v) is 1.96. The minimum absolute atomic E-state index is 0.0533. The van der Waals surface area contributed by atoms with Crippen LogP contribution in [0.15, 0.2) is 6.20 Å². The Morgan fingerprint density at radius 3 is 2.90 bits per heavy atom. The fraction of sp³-hybridized carbons (Fsp3) is 0.571. The molecule has 0 spiro atoms. The van der Waals surface area contributed by atoms with Gasteiger partial charge in [0.2, 0.25) is 5.91 Å². The lowest BCUT2D eigenvalue weighted by Crippen LogP contribution is -2.29. The van der Waals surface area contributed by atoms with Gasteiger partial charge in [-0.2, -0.15) is 0 Å². The number of aromatic hydroxyl groups is 1.